The average molecular weight is 261 g/mol. The van der Waals surface area contributed by atoms with Gasteiger partial charge in [-0.1, -0.05) is 11.6 Å². The lowest BCUT2D eigenvalue weighted by atomic mass is 10.1. The second kappa shape index (κ2) is 4.55. The molecule has 1 aromatic rings. The van der Waals surface area contributed by atoms with Crippen molar-refractivity contribution in [2.45, 2.75) is 25.7 Å². The number of hydrogen-bond donors (Lipinski definition) is 0. The van der Waals surface area contributed by atoms with Crippen molar-refractivity contribution in [1.82, 2.24) is 9.97 Å². The van der Waals surface area contributed by atoms with Crippen LogP contribution in [0.1, 0.15) is 30.5 Å². The molecule has 1 aliphatic rings. The standard InChI is InChI=1S/C10H10Cl2N2O2/c1-2-16-9(15)6-4-3-5-7(6)13-10(12)14-8(5)11/h6H,2-4H2,1H3. The van der Waals surface area contributed by atoms with Crippen molar-refractivity contribution in [1.29, 1.82) is 0 Å². The van der Waals surface area contributed by atoms with Gasteiger partial charge in [0.2, 0.25) is 5.28 Å². The second-order valence-corrected chi connectivity index (χ2v) is 4.19. The molecule has 0 fully saturated rings. The smallest absolute Gasteiger partial charge is 0.315 e. The van der Waals surface area contributed by atoms with Gasteiger partial charge in [-0.2, -0.15) is 0 Å². The van der Waals surface area contributed by atoms with Gasteiger partial charge in [0.1, 0.15) is 5.15 Å². The van der Waals surface area contributed by atoms with Crippen molar-refractivity contribution in [2.24, 2.45) is 0 Å². The van der Waals surface area contributed by atoms with Crippen LogP contribution >= 0.6 is 23.2 Å². The van der Waals surface area contributed by atoms with Crippen molar-refractivity contribution >= 4 is 29.2 Å². The minimum atomic E-state index is -0.354. The highest BCUT2D eigenvalue weighted by molar-refractivity contribution is 6.32. The molecule has 0 amide bonds. The monoisotopic (exact) mass is 260 g/mol. The lowest BCUT2D eigenvalue weighted by molar-refractivity contribution is -0.145. The largest absolute Gasteiger partial charge is 0.465 e. The van der Waals surface area contributed by atoms with E-state index in [1.807, 2.05) is 0 Å². The maximum Gasteiger partial charge on any atom is 0.315 e. The molecule has 1 atom stereocenters. The number of esters is 1. The van der Waals surface area contributed by atoms with E-state index in [1.54, 1.807) is 6.92 Å². The number of ether oxygens (including phenoxy) is 1. The molecule has 2 rings (SSSR count). The first-order valence-corrected chi connectivity index (χ1v) is 5.77. The van der Waals surface area contributed by atoms with Gasteiger partial charge in [-0.05, 0) is 31.4 Å². The Morgan fingerprint density at radius 2 is 2.25 bits per heavy atom. The molecule has 0 N–H and O–H groups in total. The van der Waals surface area contributed by atoms with E-state index in [9.17, 15) is 4.79 Å². The quantitative estimate of drug-likeness (QED) is 0.466. The van der Waals surface area contributed by atoms with Crippen LogP contribution in [0.4, 0.5) is 0 Å². The van der Waals surface area contributed by atoms with Crippen molar-refractivity contribution in [2.75, 3.05) is 6.61 Å². The van der Waals surface area contributed by atoms with Gasteiger partial charge in [0.05, 0.1) is 18.2 Å². The van der Waals surface area contributed by atoms with Crippen LogP contribution in [0, 0.1) is 0 Å². The molecule has 0 aromatic carbocycles. The van der Waals surface area contributed by atoms with E-state index in [-0.39, 0.29) is 17.2 Å². The van der Waals surface area contributed by atoms with Gasteiger partial charge >= 0.3 is 5.97 Å². The highest BCUT2D eigenvalue weighted by Crippen LogP contribution is 2.36. The summed E-state index contributed by atoms with van der Waals surface area (Å²) in [6.45, 7) is 2.13. The summed E-state index contributed by atoms with van der Waals surface area (Å²) in [5, 5.41) is 0.404. The lowest BCUT2D eigenvalue weighted by Crippen LogP contribution is -2.14. The van der Waals surface area contributed by atoms with E-state index in [4.69, 9.17) is 27.9 Å². The van der Waals surface area contributed by atoms with Crippen molar-refractivity contribution in [3.63, 3.8) is 0 Å². The average Bonchev–Trinajstić information content (AvgIpc) is 2.61. The first-order valence-electron chi connectivity index (χ1n) is 5.02. The van der Waals surface area contributed by atoms with Gasteiger partial charge in [0.25, 0.3) is 0 Å². The van der Waals surface area contributed by atoms with Crippen molar-refractivity contribution < 1.29 is 9.53 Å². The van der Waals surface area contributed by atoms with Crippen LogP contribution in [-0.4, -0.2) is 22.5 Å². The fourth-order valence-corrected chi connectivity index (χ4v) is 2.35. The summed E-state index contributed by atoms with van der Waals surface area (Å²) in [4.78, 5) is 19.6. The number of fused-ring (bicyclic) bond motifs is 1. The molecule has 86 valence electrons. The van der Waals surface area contributed by atoms with E-state index < -0.39 is 0 Å². The SMILES string of the molecule is CCOC(=O)C1CCc2c(Cl)nc(Cl)nc21. The highest BCUT2D eigenvalue weighted by atomic mass is 35.5. The maximum absolute atomic E-state index is 11.7. The predicted octanol–water partition coefficient (Wildman–Crippen LogP) is 2.38. The zero-order valence-electron chi connectivity index (χ0n) is 8.67. The van der Waals surface area contributed by atoms with Crippen LogP contribution in [0.25, 0.3) is 0 Å². The number of nitrogens with zero attached hydrogens (tertiary/aromatic N) is 2. The van der Waals surface area contributed by atoms with Crippen LogP contribution < -0.4 is 0 Å². The number of carbonyl (C=O) groups excluding carboxylic acids is 1. The first kappa shape index (κ1) is 11.6. The minimum absolute atomic E-state index is 0.0694. The molecule has 0 aliphatic heterocycles. The molecule has 1 heterocycles. The van der Waals surface area contributed by atoms with Gasteiger partial charge in [0, 0.05) is 5.56 Å². The summed E-state index contributed by atoms with van der Waals surface area (Å²) in [7, 11) is 0. The molecule has 0 spiro atoms. The van der Waals surface area contributed by atoms with E-state index in [1.165, 1.54) is 0 Å². The Morgan fingerprint density at radius 3 is 2.94 bits per heavy atom. The number of hydrogen-bond acceptors (Lipinski definition) is 4. The summed E-state index contributed by atoms with van der Waals surface area (Å²) in [6, 6.07) is 0. The molecule has 1 unspecified atom stereocenters. The first-order chi connectivity index (χ1) is 7.63. The molecule has 1 aromatic heterocycles. The fourth-order valence-electron chi connectivity index (χ4n) is 1.86. The Bertz CT molecular complexity index is 437. The molecule has 0 saturated carbocycles. The number of aromatic nitrogens is 2. The highest BCUT2D eigenvalue weighted by Gasteiger charge is 2.33. The second-order valence-electron chi connectivity index (χ2n) is 3.49. The predicted molar refractivity (Wildman–Crippen MR) is 59.7 cm³/mol. The summed E-state index contributed by atoms with van der Waals surface area (Å²) in [5.41, 5.74) is 1.42. The summed E-state index contributed by atoms with van der Waals surface area (Å²) in [6.07, 6.45) is 1.34. The third kappa shape index (κ3) is 1.99. The third-order valence-electron chi connectivity index (χ3n) is 2.55. The van der Waals surface area contributed by atoms with E-state index in [0.717, 1.165) is 5.56 Å². The minimum Gasteiger partial charge on any atom is -0.465 e. The Kier molecular flexibility index (Phi) is 3.30. The Labute approximate surface area is 103 Å². The van der Waals surface area contributed by atoms with Crippen LogP contribution in [-0.2, 0) is 16.0 Å². The molecule has 6 heteroatoms. The molecular formula is C10H10Cl2N2O2. The van der Waals surface area contributed by atoms with Gasteiger partial charge in [-0.15, -0.1) is 0 Å². The van der Waals surface area contributed by atoms with Crippen LogP contribution in [0.15, 0.2) is 0 Å². The van der Waals surface area contributed by atoms with E-state index in [2.05, 4.69) is 9.97 Å². The van der Waals surface area contributed by atoms with Crippen molar-refractivity contribution in [3.05, 3.63) is 21.7 Å². The molecule has 0 bridgehead atoms. The molecule has 16 heavy (non-hydrogen) atoms. The Hall–Kier alpha value is -0.870. The summed E-state index contributed by atoms with van der Waals surface area (Å²) >= 11 is 11.7. The number of halogens is 2. The Balaban J connectivity index is 2.35. The van der Waals surface area contributed by atoms with Gasteiger partial charge in [-0.3, -0.25) is 4.79 Å². The summed E-state index contributed by atoms with van der Waals surface area (Å²) < 4.78 is 4.98. The number of rotatable bonds is 2. The molecule has 0 radical (unpaired) electrons. The van der Waals surface area contributed by atoms with Gasteiger partial charge in [0.15, 0.2) is 0 Å². The molecular weight excluding hydrogens is 251 g/mol. The van der Waals surface area contributed by atoms with Crippen LogP contribution in [0.3, 0.4) is 0 Å². The van der Waals surface area contributed by atoms with Crippen molar-refractivity contribution in [3.8, 4) is 0 Å². The molecule has 0 saturated heterocycles. The summed E-state index contributed by atoms with van der Waals surface area (Å²) in [5.74, 6) is -0.625. The fraction of sp³-hybridized carbons (Fsp3) is 0.500. The maximum atomic E-state index is 11.7. The zero-order chi connectivity index (χ0) is 11.7. The lowest BCUT2D eigenvalue weighted by Gasteiger charge is -2.09. The van der Waals surface area contributed by atoms with E-state index in [0.29, 0.717) is 30.3 Å². The normalized spacial score (nSPS) is 18.3. The molecule has 4 nitrogen and oxygen atoms in total. The van der Waals surface area contributed by atoms with Crippen LogP contribution in [0.5, 0.6) is 0 Å². The van der Waals surface area contributed by atoms with E-state index >= 15 is 0 Å². The molecule has 1 aliphatic carbocycles. The van der Waals surface area contributed by atoms with Crippen LogP contribution in [0.2, 0.25) is 10.4 Å². The third-order valence-corrected chi connectivity index (χ3v) is 3.03. The van der Waals surface area contributed by atoms with Gasteiger partial charge < -0.3 is 4.74 Å². The Morgan fingerprint density at radius 1 is 1.50 bits per heavy atom. The topological polar surface area (TPSA) is 52.1 Å². The van der Waals surface area contributed by atoms with Gasteiger partial charge in [-0.25, -0.2) is 9.97 Å². The number of carbonyl (C=O) groups is 1. The zero-order valence-corrected chi connectivity index (χ0v) is 10.2.